The molecule has 52 valence electrons. The molecule has 0 aromatic heterocycles. The van der Waals surface area contributed by atoms with Crippen LogP contribution in [0.2, 0.25) is 0 Å². The Balaban J connectivity index is 2.79. The van der Waals surface area contributed by atoms with Crippen LogP contribution in [0.5, 0.6) is 0 Å². The van der Waals surface area contributed by atoms with Crippen molar-refractivity contribution in [1.29, 1.82) is 0 Å². The van der Waals surface area contributed by atoms with Gasteiger partial charge in [-0.3, -0.25) is 4.79 Å². The minimum Gasteiger partial charge on any atom is -0.298 e. The van der Waals surface area contributed by atoms with Gasteiger partial charge in [-0.25, -0.2) is 13.1 Å². The lowest BCUT2D eigenvalue weighted by atomic mass is 10.3. The Labute approximate surface area is 53.3 Å². The van der Waals surface area contributed by atoms with Crippen molar-refractivity contribution in [3.63, 3.8) is 0 Å². The molecule has 0 aromatic carbocycles. The zero-order valence-electron chi connectivity index (χ0n) is 4.92. The Hall–Kier alpha value is -0.420. The summed E-state index contributed by atoms with van der Waals surface area (Å²) in [6.45, 7) is 1.56. The number of hydrogen-bond acceptors (Lipinski definition) is 3. The van der Waals surface area contributed by atoms with Gasteiger partial charge < -0.3 is 0 Å². The van der Waals surface area contributed by atoms with Crippen LogP contribution in [0, 0.1) is 0 Å². The van der Waals surface area contributed by atoms with E-state index in [-0.39, 0.29) is 12.3 Å². The first-order valence-electron chi connectivity index (χ1n) is 2.53. The third-order valence-corrected chi connectivity index (χ3v) is 3.11. The van der Waals surface area contributed by atoms with Crippen LogP contribution in [0.3, 0.4) is 0 Å². The van der Waals surface area contributed by atoms with Crippen molar-refractivity contribution in [3.8, 4) is 0 Å². The van der Waals surface area contributed by atoms with Crippen molar-refractivity contribution < 1.29 is 13.2 Å². The normalized spacial score (nSPS) is 31.0. The third-order valence-electron chi connectivity index (χ3n) is 1.30. The van der Waals surface area contributed by atoms with E-state index in [9.17, 15) is 13.2 Å². The van der Waals surface area contributed by atoms with Crippen molar-refractivity contribution in [2.75, 3.05) is 6.54 Å². The summed E-state index contributed by atoms with van der Waals surface area (Å²) in [5, 5.41) is -0.780. The summed E-state index contributed by atoms with van der Waals surface area (Å²) < 4.78 is 23.2. The molecule has 1 unspecified atom stereocenters. The molecular weight excluding hydrogens is 142 g/mol. The maximum atomic E-state index is 10.5. The molecule has 0 bridgehead atoms. The van der Waals surface area contributed by atoms with Gasteiger partial charge in [-0.15, -0.1) is 0 Å². The lowest BCUT2D eigenvalue weighted by Crippen LogP contribution is -2.55. The molecule has 1 heterocycles. The van der Waals surface area contributed by atoms with Crippen LogP contribution in [-0.4, -0.2) is 26.0 Å². The minimum atomic E-state index is -3.22. The number of hydrogen-bond donors (Lipinski definition) is 1. The van der Waals surface area contributed by atoms with Gasteiger partial charge in [0.05, 0.1) is 0 Å². The summed E-state index contributed by atoms with van der Waals surface area (Å²) in [7, 11) is -3.22. The van der Waals surface area contributed by atoms with Crippen LogP contribution >= 0.6 is 0 Å². The Morgan fingerprint density at radius 2 is 2.22 bits per heavy atom. The number of sulfonamides is 1. The average Bonchev–Trinajstić information content (AvgIpc) is 1.62. The average molecular weight is 149 g/mol. The SMILES string of the molecule is CC(=O)C1CNS1(=O)=O. The van der Waals surface area contributed by atoms with E-state index in [4.69, 9.17) is 0 Å². The zero-order chi connectivity index (χ0) is 7.07. The number of Topliss-reactive ketones (excluding diaryl/α,β-unsaturated/α-hetero) is 1. The number of carbonyl (C=O) groups excluding carboxylic acids is 1. The Bertz CT molecular complexity index is 230. The zero-order valence-corrected chi connectivity index (χ0v) is 5.73. The summed E-state index contributed by atoms with van der Waals surface area (Å²) in [4.78, 5) is 10.4. The number of rotatable bonds is 1. The highest BCUT2D eigenvalue weighted by Gasteiger charge is 2.38. The maximum Gasteiger partial charge on any atom is 0.223 e. The predicted molar refractivity (Wildman–Crippen MR) is 31.4 cm³/mol. The molecule has 1 aliphatic heterocycles. The maximum absolute atomic E-state index is 10.5. The fourth-order valence-corrected chi connectivity index (χ4v) is 1.71. The Morgan fingerprint density at radius 3 is 2.22 bits per heavy atom. The molecule has 0 amide bonds. The smallest absolute Gasteiger partial charge is 0.223 e. The molecule has 1 aliphatic rings. The van der Waals surface area contributed by atoms with Crippen LogP contribution in [-0.2, 0) is 14.8 Å². The van der Waals surface area contributed by atoms with Gasteiger partial charge in [0.2, 0.25) is 10.0 Å². The van der Waals surface area contributed by atoms with Gasteiger partial charge in [-0.2, -0.15) is 0 Å². The molecule has 5 heteroatoms. The van der Waals surface area contributed by atoms with Crippen molar-refractivity contribution in [3.05, 3.63) is 0 Å². The topological polar surface area (TPSA) is 63.2 Å². The summed E-state index contributed by atoms with van der Waals surface area (Å²) in [5.74, 6) is -0.284. The molecule has 0 aromatic rings. The van der Waals surface area contributed by atoms with Gasteiger partial charge in [0, 0.05) is 6.54 Å². The summed E-state index contributed by atoms with van der Waals surface area (Å²) >= 11 is 0. The van der Waals surface area contributed by atoms with Crippen LogP contribution in [0.25, 0.3) is 0 Å². The molecule has 4 nitrogen and oxygen atoms in total. The van der Waals surface area contributed by atoms with E-state index in [1.54, 1.807) is 0 Å². The van der Waals surface area contributed by atoms with Gasteiger partial charge in [-0.05, 0) is 6.92 Å². The van der Waals surface area contributed by atoms with Crippen LogP contribution in [0.1, 0.15) is 6.92 Å². The van der Waals surface area contributed by atoms with Crippen molar-refractivity contribution in [2.45, 2.75) is 12.2 Å². The fraction of sp³-hybridized carbons (Fsp3) is 0.750. The molecule has 1 fully saturated rings. The van der Waals surface area contributed by atoms with Crippen LogP contribution < -0.4 is 4.72 Å². The second kappa shape index (κ2) is 1.78. The first kappa shape index (κ1) is 6.70. The van der Waals surface area contributed by atoms with Gasteiger partial charge in [0.1, 0.15) is 5.25 Å². The number of ketones is 1. The van der Waals surface area contributed by atoms with E-state index in [1.165, 1.54) is 6.92 Å². The first-order valence-corrected chi connectivity index (χ1v) is 4.07. The molecule has 0 aliphatic carbocycles. The summed E-state index contributed by atoms with van der Waals surface area (Å²) in [6, 6.07) is 0. The molecule has 0 radical (unpaired) electrons. The monoisotopic (exact) mass is 149 g/mol. The summed E-state index contributed by atoms with van der Waals surface area (Å²) in [5.41, 5.74) is 0. The van der Waals surface area contributed by atoms with E-state index in [1.807, 2.05) is 0 Å². The lowest BCUT2D eigenvalue weighted by Gasteiger charge is -2.23. The highest BCUT2D eigenvalue weighted by Crippen LogP contribution is 2.08. The van der Waals surface area contributed by atoms with E-state index in [0.717, 1.165) is 0 Å². The quantitative estimate of drug-likeness (QED) is 0.513. The molecule has 1 saturated heterocycles. The van der Waals surface area contributed by atoms with Gasteiger partial charge in [0.15, 0.2) is 5.78 Å². The van der Waals surface area contributed by atoms with E-state index < -0.39 is 15.3 Å². The fourth-order valence-electron chi connectivity index (χ4n) is 0.665. The number of nitrogens with one attached hydrogen (secondary N) is 1. The van der Waals surface area contributed by atoms with Crippen molar-refractivity contribution in [1.82, 2.24) is 4.72 Å². The first-order chi connectivity index (χ1) is 4.04. The largest absolute Gasteiger partial charge is 0.298 e. The van der Waals surface area contributed by atoms with E-state index in [0.29, 0.717) is 0 Å². The number of carbonyl (C=O) groups is 1. The third kappa shape index (κ3) is 0.972. The predicted octanol–water partition coefficient (Wildman–Crippen LogP) is -1.12. The Kier molecular flexibility index (Phi) is 1.32. The Morgan fingerprint density at radius 1 is 1.67 bits per heavy atom. The minimum absolute atomic E-state index is 0.275. The molecule has 1 N–H and O–H groups in total. The van der Waals surface area contributed by atoms with Crippen molar-refractivity contribution in [2.24, 2.45) is 0 Å². The molecule has 0 spiro atoms. The van der Waals surface area contributed by atoms with Crippen molar-refractivity contribution >= 4 is 15.8 Å². The standard InChI is InChI=1S/C4H7NO3S/c1-3(6)4-2-5-9(4,7)8/h4-5H,2H2,1H3. The van der Waals surface area contributed by atoms with Gasteiger partial charge >= 0.3 is 0 Å². The highest BCUT2D eigenvalue weighted by atomic mass is 32.2. The van der Waals surface area contributed by atoms with Crippen LogP contribution in [0.15, 0.2) is 0 Å². The summed E-state index contributed by atoms with van der Waals surface area (Å²) in [6.07, 6.45) is 0. The molecule has 9 heavy (non-hydrogen) atoms. The molecule has 0 saturated carbocycles. The van der Waals surface area contributed by atoms with Gasteiger partial charge in [-0.1, -0.05) is 0 Å². The van der Waals surface area contributed by atoms with E-state index >= 15 is 0 Å². The molecular formula is C4H7NO3S. The van der Waals surface area contributed by atoms with Gasteiger partial charge in [0.25, 0.3) is 0 Å². The molecule has 1 rings (SSSR count). The van der Waals surface area contributed by atoms with E-state index in [2.05, 4.69) is 4.72 Å². The highest BCUT2D eigenvalue weighted by molar-refractivity contribution is 7.92. The second-order valence-corrected chi connectivity index (χ2v) is 3.94. The molecule has 1 atom stereocenters. The second-order valence-electron chi connectivity index (χ2n) is 1.99. The van der Waals surface area contributed by atoms with Crippen LogP contribution in [0.4, 0.5) is 0 Å². The lowest BCUT2D eigenvalue weighted by molar-refractivity contribution is -0.116.